The fourth-order valence-electron chi connectivity index (χ4n) is 3.10. The first-order valence-corrected chi connectivity index (χ1v) is 7.38. The molecule has 0 bridgehead atoms. The van der Waals surface area contributed by atoms with Gasteiger partial charge in [0.05, 0.1) is 0 Å². The molecule has 1 N–H and O–H groups in total. The van der Waals surface area contributed by atoms with Crippen molar-refractivity contribution >= 4 is 5.97 Å². The van der Waals surface area contributed by atoms with Gasteiger partial charge in [0.15, 0.2) is 0 Å². The average molecular weight is 297 g/mol. The molecule has 1 saturated heterocycles. The SMILES string of the molecule is CC(c1c(F)cccc1F)N1CCCC(CCC(=O)O)C1. The zero-order valence-corrected chi connectivity index (χ0v) is 12.2. The maximum Gasteiger partial charge on any atom is 0.303 e. The van der Waals surface area contributed by atoms with E-state index in [-0.39, 0.29) is 23.9 Å². The molecule has 3 nitrogen and oxygen atoms in total. The number of carboxylic acids is 1. The molecule has 0 spiro atoms. The van der Waals surface area contributed by atoms with Crippen LogP contribution in [0.2, 0.25) is 0 Å². The van der Waals surface area contributed by atoms with Crippen molar-refractivity contribution in [1.29, 1.82) is 0 Å². The minimum atomic E-state index is -0.791. The maximum atomic E-state index is 13.9. The number of benzene rings is 1. The number of hydrogen-bond acceptors (Lipinski definition) is 2. The summed E-state index contributed by atoms with van der Waals surface area (Å²) in [6.07, 6.45) is 2.69. The largest absolute Gasteiger partial charge is 0.481 e. The van der Waals surface area contributed by atoms with Gasteiger partial charge >= 0.3 is 5.97 Å². The van der Waals surface area contributed by atoms with Crippen molar-refractivity contribution in [3.05, 3.63) is 35.4 Å². The molecule has 0 saturated carbocycles. The summed E-state index contributed by atoms with van der Waals surface area (Å²) in [4.78, 5) is 12.7. The number of rotatable bonds is 5. The summed E-state index contributed by atoms with van der Waals surface area (Å²) in [5, 5.41) is 8.76. The second kappa shape index (κ2) is 6.98. The average Bonchev–Trinajstić information content (AvgIpc) is 2.45. The Morgan fingerprint density at radius 3 is 2.71 bits per heavy atom. The van der Waals surface area contributed by atoms with Gasteiger partial charge in [-0.1, -0.05) is 6.07 Å². The molecular weight excluding hydrogens is 276 g/mol. The number of hydrogen-bond donors (Lipinski definition) is 1. The highest BCUT2D eigenvalue weighted by Gasteiger charge is 2.27. The number of aliphatic carboxylic acids is 1. The second-order valence-electron chi connectivity index (χ2n) is 5.75. The number of carbonyl (C=O) groups is 1. The van der Waals surface area contributed by atoms with Crippen molar-refractivity contribution < 1.29 is 18.7 Å². The van der Waals surface area contributed by atoms with Gasteiger partial charge < -0.3 is 5.11 Å². The van der Waals surface area contributed by atoms with Crippen LogP contribution in [0.1, 0.15) is 44.2 Å². The summed E-state index contributed by atoms with van der Waals surface area (Å²) in [6, 6.07) is 3.59. The molecule has 1 aromatic carbocycles. The fraction of sp³-hybridized carbons (Fsp3) is 0.562. The molecule has 21 heavy (non-hydrogen) atoms. The molecule has 0 radical (unpaired) electrons. The first kappa shape index (κ1) is 15.9. The lowest BCUT2D eigenvalue weighted by molar-refractivity contribution is -0.137. The van der Waals surface area contributed by atoms with Gasteiger partial charge in [-0.15, -0.1) is 0 Å². The van der Waals surface area contributed by atoms with Crippen LogP contribution in [0.4, 0.5) is 8.78 Å². The van der Waals surface area contributed by atoms with E-state index in [1.807, 2.05) is 0 Å². The first-order valence-electron chi connectivity index (χ1n) is 7.38. The Labute approximate surface area is 123 Å². The minimum Gasteiger partial charge on any atom is -0.481 e. The lowest BCUT2D eigenvalue weighted by atomic mass is 9.91. The van der Waals surface area contributed by atoms with Gasteiger partial charge in [-0.05, 0) is 50.8 Å². The molecule has 1 fully saturated rings. The van der Waals surface area contributed by atoms with E-state index in [1.54, 1.807) is 6.92 Å². The molecule has 1 aliphatic heterocycles. The van der Waals surface area contributed by atoms with Crippen LogP contribution in [0.3, 0.4) is 0 Å². The van der Waals surface area contributed by atoms with E-state index in [9.17, 15) is 13.6 Å². The monoisotopic (exact) mass is 297 g/mol. The van der Waals surface area contributed by atoms with E-state index in [0.717, 1.165) is 19.4 Å². The van der Waals surface area contributed by atoms with E-state index in [1.165, 1.54) is 18.2 Å². The van der Waals surface area contributed by atoms with Gasteiger partial charge in [0.2, 0.25) is 0 Å². The highest BCUT2D eigenvalue weighted by molar-refractivity contribution is 5.66. The van der Waals surface area contributed by atoms with Gasteiger partial charge in [-0.3, -0.25) is 9.69 Å². The van der Waals surface area contributed by atoms with Crippen LogP contribution < -0.4 is 0 Å². The summed E-state index contributed by atoms with van der Waals surface area (Å²) >= 11 is 0. The molecular formula is C16H21F2NO2. The molecule has 116 valence electrons. The third-order valence-corrected chi connectivity index (χ3v) is 4.28. The highest BCUT2D eigenvalue weighted by Crippen LogP contribution is 2.31. The highest BCUT2D eigenvalue weighted by atomic mass is 19.1. The fourth-order valence-corrected chi connectivity index (χ4v) is 3.10. The molecule has 0 amide bonds. The van der Waals surface area contributed by atoms with E-state index in [4.69, 9.17) is 5.11 Å². The minimum absolute atomic E-state index is 0.108. The topological polar surface area (TPSA) is 40.5 Å². The zero-order valence-electron chi connectivity index (χ0n) is 12.2. The van der Waals surface area contributed by atoms with Crippen LogP contribution in [0.5, 0.6) is 0 Å². The number of halogens is 2. The van der Waals surface area contributed by atoms with Gasteiger partial charge in [0, 0.05) is 24.6 Å². The standard InChI is InChI=1S/C16H21F2NO2/c1-11(16-13(17)5-2-6-14(16)18)19-9-3-4-12(10-19)7-8-15(20)21/h2,5-6,11-12H,3-4,7-10H2,1H3,(H,20,21). The van der Waals surface area contributed by atoms with Crippen molar-refractivity contribution in [3.8, 4) is 0 Å². The molecule has 2 unspecified atom stereocenters. The number of piperidine rings is 1. The number of nitrogens with zero attached hydrogens (tertiary/aromatic N) is 1. The smallest absolute Gasteiger partial charge is 0.303 e. The van der Waals surface area contributed by atoms with Gasteiger partial charge in [-0.2, -0.15) is 0 Å². The Bertz CT molecular complexity index is 487. The molecule has 0 aromatic heterocycles. The summed E-state index contributed by atoms with van der Waals surface area (Å²) in [6.45, 7) is 3.29. The predicted octanol–water partition coefficient (Wildman–Crippen LogP) is 3.60. The number of likely N-dealkylation sites (tertiary alicyclic amines) is 1. The van der Waals surface area contributed by atoms with E-state index < -0.39 is 17.6 Å². The molecule has 1 aromatic rings. The van der Waals surface area contributed by atoms with Crippen molar-refractivity contribution in [3.63, 3.8) is 0 Å². The Balaban J connectivity index is 2.05. The van der Waals surface area contributed by atoms with E-state index in [2.05, 4.69) is 4.90 Å². The Morgan fingerprint density at radius 2 is 2.10 bits per heavy atom. The third-order valence-electron chi connectivity index (χ3n) is 4.28. The van der Waals surface area contributed by atoms with Crippen LogP contribution >= 0.6 is 0 Å². The van der Waals surface area contributed by atoms with E-state index >= 15 is 0 Å². The maximum absolute atomic E-state index is 13.9. The predicted molar refractivity (Wildman–Crippen MR) is 75.9 cm³/mol. The lowest BCUT2D eigenvalue weighted by Gasteiger charge is -2.37. The van der Waals surface area contributed by atoms with Crippen LogP contribution in [0.25, 0.3) is 0 Å². The van der Waals surface area contributed by atoms with Crippen LogP contribution in [0, 0.1) is 17.6 Å². The molecule has 2 atom stereocenters. The third kappa shape index (κ3) is 4.00. The summed E-state index contributed by atoms with van der Waals surface area (Å²) in [5.41, 5.74) is 0.108. The summed E-state index contributed by atoms with van der Waals surface area (Å²) in [7, 11) is 0. The second-order valence-corrected chi connectivity index (χ2v) is 5.75. The van der Waals surface area contributed by atoms with Crippen molar-refractivity contribution in [2.45, 2.75) is 38.6 Å². The van der Waals surface area contributed by atoms with Crippen molar-refractivity contribution in [2.24, 2.45) is 5.92 Å². The Morgan fingerprint density at radius 1 is 1.43 bits per heavy atom. The molecule has 1 heterocycles. The first-order chi connectivity index (χ1) is 9.99. The van der Waals surface area contributed by atoms with E-state index in [0.29, 0.717) is 13.0 Å². The van der Waals surface area contributed by atoms with Gasteiger partial charge in [0.25, 0.3) is 0 Å². The van der Waals surface area contributed by atoms with Crippen LogP contribution in [-0.4, -0.2) is 29.1 Å². The molecule has 2 rings (SSSR count). The van der Waals surface area contributed by atoms with Gasteiger partial charge in [0.1, 0.15) is 11.6 Å². The van der Waals surface area contributed by atoms with Crippen LogP contribution in [0.15, 0.2) is 18.2 Å². The number of carboxylic acid groups (broad SMARTS) is 1. The molecule has 5 heteroatoms. The lowest BCUT2D eigenvalue weighted by Crippen LogP contribution is -2.38. The van der Waals surface area contributed by atoms with Crippen molar-refractivity contribution in [1.82, 2.24) is 4.90 Å². The molecule has 1 aliphatic rings. The van der Waals surface area contributed by atoms with Crippen LogP contribution in [-0.2, 0) is 4.79 Å². The zero-order chi connectivity index (χ0) is 15.4. The normalized spacial score (nSPS) is 21.2. The molecule has 0 aliphatic carbocycles. The summed E-state index contributed by atoms with van der Waals surface area (Å²) in [5.74, 6) is -1.54. The van der Waals surface area contributed by atoms with Crippen molar-refractivity contribution in [2.75, 3.05) is 13.1 Å². The summed E-state index contributed by atoms with van der Waals surface area (Å²) < 4.78 is 27.7. The quantitative estimate of drug-likeness (QED) is 0.902. The Kier molecular flexibility index (Phi) is 5.28. The van der Waals surface area contributed by atoms with Gasteiger partial charge in [-0.25, -0.2) is 8.78 Å². The Hall–Kier alpha value is -1.49.